The third kappa shape index (κ3) is 2.09. The summed E-state index contributed by atoms with van der Waals surface area (Å²) in [4.78, 5) is 0. The number of hydrogen-bond acceptors (Lipinski definition) is 1. The van der Waals surface area contributed by atoms with E-state index in [0.29, 0.717) is 5.92 Å². The molecule has 0 bridgehead atoms. The molecule has 0 aliphatic rings. The van der Waals surface area contributed by atoms with Gasteiger partial charge in [-0.3, -0.25) is 0 Å². The topological polar surface area (TPSA) is 17.8 Å². The largest absolute Gasteiger partial charge is 0.241 e. The zero-order valence-electron chi connectivity index (χ0n) is 9.22. The smallest absolute Gasteiger partial charge is 0.0657 e. The summed E-state index contributed by atoms with van der Waals surface area (Å²) in [6, 6.07) is 12.3. The first kappa shape index (κ1) is 9.97. The van der Waals surface area contributed by atoms with Gasteiger partial charge in [0.15, 0.2) is 0 Å². The Balaban J connectivity index is 2.28. The molecule has 0 fully saturated rings. The normalized spacial score (nSPS) is 12.7. The number of para-hydroxylation sites is 1. The lowest BCUT2D eigenvalue weighted by atomic mass is 10.1. The van der Waals surface area contributed by atoms with E-state index >= 15 is 0 Å². The lowest BCUT2D eigenvalue weighted by Gasteiger charge is -2.04. The minimum atomic E-state index is 0.537. The Morgan fingerprint density at radius 3 is 2.60 bits per heavy atom. The van der Waals surface area contributed by atoms with Crippen LogP contribution in [0.5, 0.6) is 0 Å². The minimum absolute atomic E-state index is 0.537. The molecule has 0 aliphatic heterocycles. The van der Waals surface area contributed by atoms with Crippen LogP contribution < -0.4 is 0 Å². The van der Waals surface area contributed by atoms with Gasteiger partial charge in [-0.25, -0.2) is 4.68 Å². The predicted octanol–water partition coefficient (Wildman–Crippen LogP) is 3.39. The second-order valence-electron chi connectivity index (χ2n) is 3.83. The summed E-state index contributed by atoms with van der Waals surface area (Å²) in [6.45, 7) is 4.39. The third-order valence-electron chi connectivity index (χ3n) is 2.75. The van der Waals surface area contributed by atoms with Crippen LogP contribution in [-0.4, -0.2) is 9.78 Å². The summed E-state index contributed by atoms with van der Waals surface area (Å²) in [5.74, 6) is 0.537. The molecule has 1 aromatic carbocycles. The molecule has 0 saturated carbocycles. The van der Waals surface area contributed by atoms with Crippen LogP contribution in [0.1, 0.15) is 31.9 Å². The van der Waals surface area contributed by atoms with E-state index in [9.17, 15) is 0 Å². The number of rotatable bonds is 3. The van der Waals surface area contributed by atoms with Crippen molar-refractivity contribution in [2.45, 2.75) is 26.2 Å². The molecular weight excluding hydrogens is 184 g/mol. The molecule has 2 nitrogen and oxygen atoms in total. The zero-order valence-corrected chi connectivity index (χ0v) is 9.22. The van der Waals surface area contributed by atoms with E-state index < -0.39 is 0 Å². The van der Waals surface area contributed by atoms with E-state index in [0.717, 1.165) is 12.1 Å². The fourth-order valence-electron chi connectivity index (χ4n) is 1.53. The van der Waals surface area contributed by atoms with Crippen LogP contribution in [0.3, 0.4) is 0 Å². The lowest BCUT2D eigenvalue weighted by molar-refractivity contribution is 0.688. The maximum Gasteiger partial charge on any atom is 0.0657 e. The Labute approximate surface area is 90.6 Å². The highest BCUT2D eigenvalue weighted by Gasteiger charge is 2.06. The Kier molecular flexibility index (Phi) is 2.86. The summed E-state index contributed by atoms with van der Waals surface area (Å²) < 4.78 is 1.93. The molecule has 15 heavy (non-hydrogen) atoms. The molecule has 2 heteroatoms. The average molecular weight is 200 g/mol. The van der Waals surface area contributed by atoms with Crippen molar-refractivity contribution in [3.05, 3.63) is 48.3 Å². The maximum atomic E-state index is 4.57. The molecule has 0 saturated heterocycles. The van der Waals surface area contributed by atoms with Crippen LogP contribution in [0.25, 0.3) is 5.69 Å². The highest BCUT2D eigenvalue weighted by molar-refractivity contribution is 5.30. The first-order valence-corrected chi connectivity index (χ1v) is 5.42. The molecule has 0 spiro atoms. The van der Waals surface area contributed by atoms with Crippen LogP contribution in [0, 0.1) is 0 Å². The molecule has 1 aromatic heterocycles. The van der Waals surface area contributed by atoms with E-state index in [2.05, 4.69) is 37.1 Å². The zero-order chi connectivity index (χ0) is 10.7. The molecule has 78 valence electrons. The number of hydrogen-bond donors (Lipinski definition) is 0. The van der Waals surface area contributed by atoms with Gasteiger partial charge in [-0.15, -0.1) is 0 Å². The number of benzene rings is 1. The Morgan fingerprint density at radius 1 is 1.20 bits per heavy atom. The summed E-state index contributed by atoms with van der Waals surface area (Å²) in [7, 11) is 0. The van der Waals surface area contributed by atoms with E-state index in [1.165, 1.54) is 5.69 Å². The second-order valence-corrected chi connectivity index (χ2v) is 3.83. The molecule has 0 radical (unpaired) electrons. The molecule has 1 heterocycles. The van der Waals surface area contributed by atoms with Crippen molar-refractivity contribution in [2.24, 2.45) is 0 Å². The minimum Gasteiger partial charge on any atom is -0.241 e. The highest BCUT2D eigenvalue weighted by atomic mass is 15.3. The first-order chi connectivity index (χ1) is 7.31. The van der Waals surface area contributed by atoms with Crippen molar-refractivity contribution in [1.82, 2.24) is 9.78 Å². The van der Waals surface area contributed by atoms with Crippen LogP contribution in [0.4, 0.5) is 0 Å². The van der Waals surface area contributed by atoms with Gasteiger partial charge in [0, 0.05) is 6.20 Å². The van der Waals surface area contributed by atoms with Gasteiger partial charge in [0.1, 0.15) is 0 Å². The van der Waals surface area contributed by atoms with E-state index in [1.807, 2.05) is 29.1 Å². The molecule has 2 aromatic rings. The fourth-order valence-corrected chi connectivity index (χ4v) is 1.53. The standard InChI is InChI=1S/C13H16N2/c1-3-11(2)13-9-10-15(14-13)12-7-5-4-6-8-12/h4-11H,3H2,1-2H3. The van der Waals surface area contributed by atoms with Gasteiger partial charge < -0.3 is 0 Å². The van der Waals surface area contributed by atoms with Gasteiger partial charge in [0.05, 0.1) is 11.4 Å². The monoisotopic (exact) mass is 200 g/mol. The van der Waals surface area contributed by atoms with Gasteiger partial charge >= 0.3 is 0 Å². The first-order valence-electron chi connectivity index (χ1n) is 5.42. The maximum absolute atomic E-state index is 4.57. The van der Waals surface area contributed by atoms with Gasteiger partial charge in [0.2, 0.25) is 0 Å². The van der Waals surface area contributed by atoms with Crippen molar-refractivity contribution >= 4 is 0 Å². The Bertz CT molecular complexity index is 417. The summed E-state index contributed by atoms with van der Waals surface area (Å²) in [5, 5.41) is 4.57. The van der Waals surface area contributed by atoms with E-state index in [-0.39, 0.29) is 0 Å². The molecule has 0 amide bonds. The Morgan fingerprint density at radius 2 is 1.93 bits per heavy atom. The summed E-state index contributed by atoms with van der Waals surface area (Å²) in [6.07, 6.45) is 3.16. The molecule has 0 N–H and O–H groups in total. The quantitative estimate of drug-likeness (QED) is 0.742. The molecule has 0 aliphatic carbocycles. The molecular formula is C13H16N2. The SMILES string of the molecule is CCC(C)c1ccn(-c2ccccc2)n1. The average Bonchev–Trinajstić information content (AvgIpc) is 2.78. The second kappa shape index (κ2) is 4.30. The number of nitrogens with zero attached hydrogens (tertiary/aromatic N) is 2. The van der Waals surface area contributed by atoms with Crippen molar-refractivity contribution in [3.63, 3.8) is 0 Å². The predicted molar refractivity (Wildman–Crippen MR) is 62.3 cm³/mol. The van der Waals surface area contributed by atoms with Gasteiger partial charge in [-0.2, -0.15) is 5.10 Å². The van der Waals surface area contributed by atoms with Crippen molar-refractivity contribution in [3.8, 4) is 5.69 Å². The van der Waals surface area contributed by atoms with Crippen LogP contribution in [-0.2, 0) is 0 Å². The highest BCUT2D eigenvalue weighted by Crippen LogP contribution is 2.17. The van der Waals surface area contributed by atoms with Crippen molar-refractivity contribution < 1.29 is 0 Å². The number of aromatic nitrogens is 2. The van der Waals surface area contributed by atoms with Gasteiger partial charge in [-0.05, 0) is 30.5 Å². The molecule has 1 atom stereocenters. The third-order valence-corrected chi connectivity index (χ3v) is 2.75. The summed E-state index contributed by atoms with van der Waals surface area (Å²) in [5.41, 5.74) is 2.29. The lowest BCUT2D eigenvalue weighted by Crippen LogP contribution is -1.97. The van der Waals surface area contributed by atoms with Crippen LogP contribution in [0.2, 0.25) is 0 Å². The molecule has 1 unspecified atom stereocenters. The summed E-state index contributed by atoms with van der Waals surface area (Å²) >= 11 is 0. The molecule has 2 rings (SSSR count). The van der Waals surface area contributed by atoms with E-state index in [4.69, 9.17) is 0 Å². The van der Waals surface area contributed by atoms with E-state index in [1.54, 1.807) is 0 Å². The van der Waals surface area contributed by atoms with Crippen LogP contribution in [0.15, 0.2) is 42.6 Å². The Hall–Kier alpha value is -1.57. The van der Waals surface area contributed by atoms with Crippen LogP contribution >= 0.6 is 0 Å². The fraction of sp³-hybridized carbons (Fsp3) is 0.308. The van der Waals surface area contributed by atoms with Crippen molar-refractivity contribution in [2.75, 3.05) is 0 Å². The van der Waals surface area contributed by atoms with Gasteiger partial charge in [-0.1, -0.05) is 32.0 Å². The van der Waals surface area contributed by atoms with Gasteiger partial charge in [0.25, 0.3) is 0 Å². The van der Waals surface area contributed by atoms with Crippen molar-refractivity contribution in [1.29, 1.82) is 0 Å².